The van der Waals surface area contributed by atoms with Crippen molar-refractivity contribution >= 4 is 34.1 Å². The van der Waals surface area contributed by atoms with E-state index < -0.39 is 11.9 Å². The van der Waals surface area contributed by atoms with Crippen LogP contribution in [0.25, 0.3) is 22.1 Å². The predicted molar refractivity (Wildman–Crippen MR) is 158 cm³/mol. The molecule has 10 heteroatoms. The minimum absolute atomic E-state index is 0.0552. The highest BCUT2D eigenvalue weighted by Crippen LogP contribution is 2.24. The van der Waals surface area contributed by atoms with Gasteiger partial charge >= 0.3 is 0 Å². The zero-order chi connectivity index (χ0) is 28.9. The van der Waals surface area contributed by atoms with E-state index in [1.807, 2.05) is 48.5 Å². The molecule has 1 atom stereocenters. The Morgan fingerprint density at radius 3 is 2.73 bits per heavy atom. The second kappa shape index (κ2) is 11.6. The van der Waals surface area contributed by atoms with E-state index in [-0.39, 0.29) is 22.8 Å². The number of aromatic nitrogens is 4. The molecule has 5 aromatic rings. The van der Waals surface area contributed by atoms with E-state index in [2.05, 4.69) is 39.0 Å². The van der Waals surface area contributed by atoms with Crippen molar-refractivity contribution in [2.45, 2.75) is 19.4 Å². The molecule has 0 saturated heterocycles. The standard InChI is InChI=1S/C31H27N7O3/c1-3-25(39)33-15-8-7-10-21-11-9-12-22-18-24(38(31(41)26(21)22)23-13-5-4-6-14-23)20(2)36-30(40)27-28(32)35-19-37-17-16-34-29(27)37/h3-6,9,11-14,16-20H,1,8,15,32H2,2H3,(H,33,39)(H,36,40)/t20-/m1/s1. The van der Waals surface area contributed by atoms with Gasteiger partial charge < -0.3 is 16.4 Å². The van der Waals surface area contributed by atoms with Gasteiger partial charge in [0.15, 0.2) is 5.65 Å². The van der Waals surface area contributed by atoms with E-state index >= 15 is 0 Å². The van der Waals surface area contributed by atoms with Crippen molar-refractivity contribution in [3.8, 4) is 17.5 Å². The minimum atomic E-state index is -0.599. The molecule has 0 spiro atoms. The van der Waals surface area contributed by atoms with Crippen molar-refractivity contribution in [3.05, 3.63) is 113 Å². The SMILES string of the molecule is C=CC(=O)NCCC#Cc1cccc2cc([C@@H](C)NC(=O)c3c(N)ncn4ccnc34)n(-c3ccccc3)c(=O)c12. The van der Waals surface area contributed by atoms with Gasteiger partial charge in [-0.05, 0) is 42.7 Å². The number of rotatable bonds is 7. The summed E-state index contributed by atoms with van der Waals surface area (Å²) in [5.41, 5.74) is 8.10. The Labute approximate surface area is 235 Å². The van der Waals surface area contributed by atoms with Gasteiger partial charge in [-0.3, -0.25) is 23.4 Å². The van der Waals surface area contributed by atoms with Gasteiger partial charge in [-0.1, -0.05) is 48.8 Å². The van der Waals surface area contributed by atoms with Crippen LogP contribution >= 0.6 is 0 Å². The Balaban J connectivity index is 1.56. The number of nitrogens with one attached hydrogen (secondary N) is 2. The number of hydrogen-bond donors (Lipinski definition) is 3. The Morgan fingerprint density at radius 2 is 1.95 bits per heavy atom. The van der Waals surface area contributed by atoms with Crippen LogP contribution in [0.15, 0.2) is 90.8 Å². The molecule has 2 amide bonds. The van der Waals surface area contributed by atoms with Crippen molar-refractivity contribution in [2.75, 3.05) is 12.3 Å². The number of carbonyl (C=O) groups is 2. The number of hydrogen-bond acceptors (Lipinski definition) is 6. The summed E-state index contributed by atoms with van der Waals surface area (Å²) in [5, 5.41) is 6.79. The summed E-state index contributed by atoms with van der Waals surface area (Å²) in [6.07, 6.45) is 6.34. The highest BCUT2D eigenvalue weighted by atomic mass is 16.2. The lowest BCUT2D eigenvalue weighted by Crippen LogP contribution is -2.33. The number of nitrogens with zero attached hydrogens (tertiary/aromatic N) is 4. The molecule has 0 bridgehead atoms. The molecule has 3 heterocycles. The first-order chi connectivity index (χ1) is 19.9. The average Bonchev–Trinajstić information content (AvgIpc) is 3.45. The fourth-order valence-corrected chi connectivity index (χ4v) is 4.59. The molecular formula is C31H27N7O3. The first-order valence-electron chi connectivity index (χ1n) is 12.9. The lowest BCUT2D eigenvalue weighted by Gasteiger charge is -2.21. The maximum atomic E-state index is 14.1. The van der Waals surface area contributed by atoms with Crippen molar-refractivity contribution in [3.63, 3.8) is 0 Å². The quantitative estimate of drug-likeness (QED) is 0.163. The second-order valence-electron chi connectivity index (χ2n) is 9.22. The molecule has 10 nitrogen and oxygen atoms in total. The highest BCUT2D eigenvalue weighted by molar-refractivity contribution is 6.04. The van der Waals surface area contributed by atoms with E-state index in [4.69, 9.17) is 5.73 Å². The molecule has 0 fully saturated rings. The van der Waals surface area contributed by atoms with Crippen LogP contribution in [0.4, 0.5) is 5.82 Å². The molecule has 5 rings (SSSR count). The molecule has 0 radical (unpaired) electrons. The number of pyridine rings is 1. The van der Waals surface area contributed by atoms with Crippen molar-refractivity contribution in [1.29, 1.82) is 0 Å². The zero-order valence-electron chi connectivity index (χ0n) is 22.3. The fourth-order valence-electron chi connectivity index (χ4n) is 4.59. The van der Waals surface area contributed by atoms with Crippen LogP contribution in [0.1, 0.15) is 41.0 Å². The topological polar surface area (TPSA) is 136 Å². The van der Waals surface area contributed by atoms with Crippen LogP contribution < -0.4 is 21.9 Å². The van der Waals surface area contributed by atoms with Crippen LogP contribution in [0.3, 0.4) is 0 Å². The van der Waals surface area contributed by atoms with Crippen molar-refractivity contribution < 1.29 is 9.59 Å². The maximum Gasteiger partial charge on any atom is 0.264 e. The summed E-state index contributed by atoms with van der Waals surface area (Å²) in [5.74, 6) is 5.44. The molecule has 4 N–H and O–H groups in total. The van der Waals surface area contributed by atoms with Gasteiger partial charge in [0.2, 0.25) is 5.91 Å². The summed E-state index contributed by atoms with van der Waals surface area (Å²) in [6.45, 7) is 5.59. The van der Waals surface area contributed by atoms with Crippen LogP contribution in [-0.2, 0) is 4.79 Å². The number of imidazole rings is 1. The number of anilines is 1. The van der Waals surface area contributed by atoms with E-state index in [1.165, 1.54) is 12.4 Å². The van der Waals surface area contributed by atoms with Gasteiger partial charge in [-0.25, -0.2) is 9.97 Å². The van der Waals surface area contributed by atoms with E-state index in [0.717, 1.165) is 0 Å². The molecule has 0 aliphatic heterocycles. The smallest absolute Gasteiger partial charge is 0.264 e. The molecule has 0 saturated carbocycles. The molecule has 2 aromatic carbocycles. The van der Waals surface area contributed by atoms with Crippen LogP contribution in [-0.4, -0.2) is 37.3 Å². The molecule has 0 unspecified atom stereocenters. The zero-order valence-corrected chi connectivity index (χ0v) is 22.3. The normalized spacial score (nSPS) is 11.4. The van der Waals surface area contributed by atoms with Crippen LogP contribution in [0.2, 0.25) is 0 Å². The Bertz CT molecular complexity index is 1910. The van der Waals surface area contributed by atoms with E-state index in [1.54, 1.807) is 34.4 Å². The molecule has 41 heavy (non-hydrogen) atoms. The number of nitrogen functional groups attached to an aromatic ring is 1. The number of fused-ring (bicyclic) bond motifs is 2. The molecule has 0 aliphatic carbocycles. The highest BCUT2D eigenvalue weighted by Gasteiger charge is 2.23. The number of amides is 2. The van der Waals surface area contributed by atoms with Gasteiger partial charge in [0.25, 0.3) is 11.5 Å². The Hall–Kier alpha value is -5.69. The summed E-state index contributed by atoms with van der Waals surface area (Å²) in [6, 6.07) is 15.9. The first-order valence-corrected chi connectivity index (χ1v) is 12.9. The van der Waals surface area contributed by atoms with Gasteiger partial charge in [-0.2, -0.15) is 0 Å². The summed E-state index contributed by atoms with van der Waals surface area (Å²) in [7, 11) is 0. The molecule has 0 aliphatic rings. The van der Waals surface area contributed by atoms with Crippen LogP contribution in [0.5, 0.6) is 0 Å². The molecule has 204 valence electrons. The second-order valence-corrected chi connectivity index (χ2v) is 9.22. The molecular weight excluding hydrogens is 518 g/mol. The maximum absolute atomic E-state index is 14.1. The van der Waals surface area contributed by atoms with Crippen LogP contribution in [0, 0.1) is 11.8 Å². The third kappa shape index (κ3) is 5.42. The largest absolute Gasteiger partial charge is 0.383 e. The van der Waals surface area contributed by atoms with Gasteiger partial charge in [0.05, 0.1) is 11.4 Å². The third-order valence-electron chi connectivity index (χ3n) is 6.54. The monoisotopic (exact) mass is 545 g/mol. The van der Waals surface area contributed by atoms with Gasteiger partial charge in [0, 0.05) is 42.3 Å². The van der Waals surface area contributed by atoms with Crippen molar-refractivity contribution in [1.82, 2.24) is 29.6 Å². The number of benzene rings is 2. The Kier molecular flexibility index (Phi) is 7.60. The fraction of sp³-hybridized carbons (Fsp3) is 0.129. The van der Waals surface area contributed by atoms with Gasteiger partial charge in [0.1, 0.15) is 17.7 Å². The average molecular weight is 546 g/mol. The van der Waals surface area contributed by atoms with E-state index in [0.29, 0.717) is 46.3 Å². The lowest BCUT2D eigenvalue weighted by molar-refractivity contribution is -0.116. The minimum Gasteiger partial charge on any atom is -0.383 e. The lowest BCUT2D eigenvalue weighted by atomic mass is 10.0. The van der Waals surface area contributed by atoms with Gasteiger partial charge in [-0.15, -0.1) is 0 Å². The third-order valence-corrected chi connectivity index (χ3v) is 6.54. The summed E-state index contributed by atoms with van der Waals surface area (Å²) >= 11 is 0. The number of nitrogens with two attached hydrogens (primary N) is 1. The van der Waals surface area contributed by atoms with Crippen molar-refractivity contribution in [2.24, 2.45) is 0 Å². The Morgan fingerprint density at radius 1 is 1.15 bits per heavy atom. The predicted octanol–water partition coefficient (Wildman–Crippen LogP) is 3.15. The summed E-state index contributed by atoms with van der Waals surface area (Å²) < 4.78 is 3.20. The number of para-hydroxylation sites is 1. The summed E-state index contributed by atoms with van der Waals surface area (Å²) in [4.78, 5) is 47.3. The van der Waals surface area contributed by atoms with E-state index in [9.17, 15) is 14.4 Å². The molecule has 3 aromatic heterocycles. The number of carbonyl (C=O) groups excluding carboxylic acids is 2. The first kappa shape index (κ1) is 26.9.